The van der Waals surface area contributed by atoms with Gasteiger partial charge in [0.1, 0.15) is 5.69 Å². The number of carbonyl (C=O) groups is 1. The predicted molar refractivity (Wildman–Crippen MR) is 89.7 cm³/mol. The second kappa shape index (κ2) is 7.14. The van der Waals surface area contributed by atoms with E-state index in [1.165, 1.54) is 0 Å². The van der Waals surface area contributed by atoms with E-state index < -0.39 is 0 Å². The molecule has 3 nitrogen and oxygen atoms in total. The van der Waals surface area contributed by atoms with Crippen LogP contribution in [0.3, 0.4) is 0 Å². The Morgan fingerprint density at radius 3 is 2.81 bits per heavy atom. The summed E-state index contributed by atoms with van der Waals surface area (Å²) in [6, 6.07) is 9.44. The summed E-state index contributed by atoms with van der Waals surface area (Å²) >= 11 is 9.42. The number of nitrogens with zero attached hydrogens (tertiary/aromatic N) is 2. The highest BCUT2D eigenvalue weighted by atomic mass is 79.9. The van der Waals surface area contributed by atoms with Crippen molar-refractivity contribution in [2.24, 2.45) is 0 Å². The first-order chi connectivity index (χ1) is 10.0. The third-order valence-corrected chi connectivity index (χ3v) is 3.87. The lowest BCUT2D eigenvalue weighted by molar-refractivity contribution is 0.0774. The quantitative estimate of drug-likeness (QED) is 0.757. The Morgan fingerprint density at radius 2 is 2.14 bits per heavy atom. The Bertz CT molecular complexity index is 639. The van der Waals surface area contributed by atoms with Crippen molar-refractivity contribution in [2.75, 3.05) is 7.05 Å². The fourth-order valence-corrected chi connectivity index (χ4v) is 2.93. The lowest BCUT2D eigenvalue weighted by Crippen LogP contribution is -2.28. The molecule has 0 spiro atoms. The average molecular weight is 370 g/mol. The van der Waals surface area contributed by atoms with Crippen LogP contribution >= 0.6 is 27.5 Å². The topological polar surface area (TPSA) is 25.2 Å². The van der Waals surface area contributed by atoms with Crippen molar-refractivity contribution in [2.45, 2.75) is 26.4 Å². The van der Waals surface area contributed by atoms with Crippen LogP contribution in [0.1, 0.15) is 29.4 Å². The van der Waals surface area contributed by atoms with Gasteiger partial charge in [0, 0.05) is 35.8 Å². The Kier molecular flexibility index (Phi) is 5.48. The van der Waals surface area contributed by atoms with Gasteiger partial charge in [-0.05, 0) is 46.1 Å². The summed E-state index contributed by atoms with van der Waals surface area (Å²) in [6.07, 6.45) is 2.93. The zero-order valence-electron chi connectivity index (χ0n) is 12.1. The Labute approximate surface area is 138 Å². The highest BCUT2D eigenvalue weighted by Crippen LogP contribution is 2.18. The minimum Gasteiger partial charge on any atom is -0.342 e. The molecule has 0 N–H and O–H groups in total. The molecule has 0 fully saturated rings. The van der Waals surface area contributed by atoms with E-state index in [0.717, 1.165) is 23.0 Å². The molecule has 0 bridgehead atoms. The summed E-state index contributed by atoms with van der Waals surface area (Å²) in [5.41, 5.74) is 1.72. The normalized spacial score (nSPS) is 10.7. The molecule has 0 aliphatic rings. The summed E-state index contributed by atoms with van der Waals surface area (Å²) in [6.45, 7) is 3.46. The molecule has 0 saturated carbocycles. The maximum Gasteiger partial charge on any atom is 0.270 e. The number of aromatic nitrogens is 1. The molecule has 0 saturated heterocycles. The molecule has 0 unspecified atom stereocenters. The first-order valence-electron chi connectivity index (χ1n) is 6.87. The van der Waals surface area contributed by atoms with Crippen LogP contribution in [-0.2, 0) is 13.1 Å². The highest BCUT2D eigenvalue weighted by molar-refractivity contribution is 9.10. The standard InChI is InChI=1S/C16H18BrClN2O/c1-3-7-20-11-13(17)9-15(20)16(21)19(2)10-12-5-4-6-14(18)8-12/h4-6,8-9,11H,3,7,10H2,1-2H3. The predicted octanol–water partition coefficient (Wildman–Crippen LogP) is 4.59. The first kappa shape index (κ1) is 16.1. The van der Waals surface area contributed by atoms with E-state index in [4.69, 9.17) is 11.6 Å². The van der Waals surface area contributed by atoms with E-state index in [2.05, 4.69) is 22.9 Å². The lowest BCUT2D eigenvalue weighted by atomic mass is 10.2. The van der Waals surface area contributed by atoms with Gasteiger partial charge in [-0.3, -0.25) is 4.79 Å². The number of hydrogen-bond acceptors (Lipinski definition) is 1. The second-order valence-electron chi connectivity index (χ2n) is 5.03. The number of benzene rings is 1. The van der Waals surface area contributed by atoms with E-state index in [9.17, 15) is 4.79 Å². The minimum absolute atomic E-state index is 0.00845. The van der Waals surface area contributed by atoms with Crippen LogP contribution in [0.5, 0.6) is 0 Å². The summed E-state index contributed by atoms with van der Waals surface area (Å²) in [4.78, 5) is 14.3. The van der Waals surface area contributed by atoms with Gasteiger partial charge < -0.3 is 9.47 Å². The summed E-state index contributed by atoms with van der Waals surface area (Å²) < 4.78 is 2.91. The molecule has 0 aliphatic carbocycles. The Morgan fingerprint density at radius 1 is 1.38 bits per heavy atom. The van der Waals surface area contributed by atoms with Gasteiger partial charge in [-0.2, -0.15) is 0 Å². The third-order valence-electron chi connectivity index (χ3n) is 3.20. The highest BCUT2D eigenvalue weighted by Gasteiger charge is 2.17. The molecule has 1 aromatic carbocycles. The van der Waals surface area contributed by atoms with Gasteiger partial charge >= 0.3 is 0 Å². The monoisotopic (exact) mass is 368 g/mol. The first-order valence-corrected chi connectivity index (χ1v) is 8.04. The minimum atomic E-state index is 0.00845. The lowest BCUT2D eigenvalue weighted by Gasteiger charge is -2.18. The molecular weight excluding hydrogens is 352 g/mol. The van der Waals surface area contributed by atoms with Gasteiger partial charge in [0.25, 0.3) is 5.91 Å². The van der Waals surface area contributed by atoms with Crippen LogP contribution < -0.4 is 0 Å². The van der Waals surface area contributed by atoms with Gasteiger partial charge in [-0.25, -0.2) is 0 Å². The molecule has 1 amide bonds. The van der Waals surface area contributed by atoms with E-state index in [-0.39, 0.29) is 5.91 Å². The van der Waals surface area contributed by atoms with Crippen molar-refractivity contribution < 1.29 is 4.79 Å². The van der Waals surface area contributed by atoms with E-state index in [1.807, 2.05) is 41.1 Å². The van der Waals surface area contributed by atoms with Gasteiger partial charge in [0.05, 0.1) is 0 Å². The molecule has 0 radical (unpaired) electrons. The number of hydrogen-bond donors (Lipinski definition) is 0. The molecule has 5 heteroatoms. The fraction of sp³-hybridized carbons (Fsp3) is 0.312. The second-order valence-corrected chi connectivity index (χ2v) is 6.38. The van der Waals surface area contributed by atoms with Crippen molar-refractivity contribution in [1.82, 2.24) is 9.47 Å². The molecule has 112 valence electrons. The molecular formula is C16H18BrClN2O. The Balaban J connectivity index is 2.15. The van der Waals surface area contributed by atoms with Crippen molar-refractivity contribution in [3.63, 3.8) is 0 Å². The SMILES string of the molecule is CCCn1cc(Br)cc1C(=O)N(C)Cc1cccc(Cl)c1. The number of amides is 1. The number of carbonyl (C=O) groups excluding carboxylic acids is 1. The van der Waals surface area contributed by atoms with Gasteiger partial charge in [-0.1, -0.05) is 30.7 Å². The van der Waals surface area contributed by atoms with Crippen LogP contribution in [0.2, 0.25) is 5.02 Å². The molecule has 1 heterocycles. The van der Waals surface area contributed by atoms with Crippen molar-refractivity contribution >= 4 is 33.4 Å². The number of aryl methyl sites for hydroxylation is 1. The van der Waals surface area contributed by atoms with Crippen molar-refractivity contribution in [1.29, 1.82) is 0 Å². The van der Waals surface area contributed by atoms with E-state index >= 15 is 0 Å². The molecule has 2 aromatic rings. The summed E-state index contributed by atoms with van der Waals surface area (Å²) in [5.74, 6) is 0.00845. The van der Waals surface area contributed by atoms with Gasteiger partial charge in [0.15, 0.2) is 0 Å². The average Bonchev–Trinajstić information content (AvgIpc) is 2.79. The van der Waals surface area contributed by atoms with Crippen molar-refractivity contribution in [3.8, 4) is 0 Å². The van der Waals surface area contributed by atoms with Crippen LogP contribution in [-0.4, -0.2) is 22.4 Å². The third kappa shape index (κ3) is 4.11. The van der Waals surface area contributed by atoms with Crippen LogP contribution in [0.25, 0.3) is 0 Å². The number of halogens is 2. The Hall–Kier alpha value is -1.26. The zero-order valence-corrected chi connectivity index (χ0v) is 14.5. The summed E-state index contributed by atoms with van der Waals surface area (Å²) in [5, 5.41) is 0.686. The largest absolute Gasteiger partial charge is 0.342 e. The van der Waals surface area contributed by atoms with Crippen molar-refractivity contribution in [3.05, 3.63) is 57.3 Å². The maximum absolute atomic E-state index is 12.6. The van der Waals surface area contributed by atoms with Crippen LogP contribution in [0.4, 0.5) is 0 Å². The molecule has 0 aliphatic heterocycles. The molecule has 1 aromatic heterocycles. The van der Waals surface area contributed by atoms with Gasteiger partial charge in [-0.15, -0.1) is 0 Å². The summed E-state index contributed by atoms with van der Waals surface area (Å²) in [7, 11) is 1.81. The fourth-order valence-electron chi connectivity index (χ4n) is 2.26. The smallest absolute Gasteiger partial charge is 0.270 e. The van der Waals surface area contributed by atoms with Crippen LogP contribution in [0, 0.1) is 0 Å². The number of rotatable bonds is 5. The van der Waals surface area contributed by atoms with E-state index in [1.54, 1.807) is 11.9 Å². The molecule has 2 rings (SSSR count). The zero-order chi connectivity index (χ0) is 15.4. The van der Waals surface area contributed by atoms with Crippen LogP contribution in [0.15, 0.2) is 41.0 Å². The molecule has 21 heavy (non-hydrogen) atoms. The molecule has 0 atom stereocenters. The van der Waals surface area contributed by atoms with E-state index in [0.29, 0.717) is 17.3 Å². The van der Waals surface area contributed by atoms with Gasteiger partial charge in [0.2, 0.25) is 0 Å². The maximum atomic E-state index is 12.6.